The van der Waals surface area contributed by atoms with Gasteiger partial charge >= 0.3 is 6.18 Å². The van der Waals surface area contributed by atoms with Crippen molar-refractivity contribution in [1.82, 2.24) is 10.3 Å². The van der Waals surface area contributed by atoms with Gasteiger partial charge in [0.2, 0.25) is 0 Å². The largest absolute Gasteiger partial charge is 0.416 e. The molecule has 25 heavy (non-hydrogen) atoms. The molecule has 5 heteroatoms. The summed E-state index contributed by atoms with van der Waals surface area (Å²) in [4.78, 5) is 3.47. The Kier molecular flexibility index (Phi) is 3.65. The maximum atomic E-state index is 13.1. The molecule has 0 spiro atoms. The van der Waals surface area contributed by atoms with Gasteiger partial charge in [0.15, 0.2) is 0 Å². The molecule has 1 aliphatic rings. The van der Waals surface area contributed by atoms with Crippen LogP contribution in [0.15, 0.2) is 36.4 Å². The van der Waals surface area contributed by atoms with Crippen LogP contribution in [0.25, 0.3) is 10.9 Å². The molecule has 1 unspecified atom stereocenters. The third-order valence-electron chi connectivity index (χ3n) is 4.95. The van der Waals surface area contributed by atoms with E-state index in [1.54, 1.807) is 6.07 Å². The van der Waals surface area contributed by atoms with Gasteiger partial charge in [0.1, 0.15) is 0 Å². The second-order valence-corrected chi connectivity index (χ2v) is 6.78. The molecular formula is C20H19F3N2. The van der Waals surface area contributed by atoms with Crippen molar-refractivity contribution in [3.8, 4) is 0 Å². The maximum absolute atomic E-state index is 13.1. The molecule has 1 aromatic heterocycles. The van der Waals surface area contributed by atoms with Crippen LogP contribution >= 0.6 is 0 Å². The zero-order valence-corrected chi connectivity index (χ0v) is 14.1. The summed E-state index contributed by atoms with van der Waals surface area (Å²) in [5, 5.41) is 4.55. The summed E-state index contributed by atoms with van der Waals surface area (Å²) in [6.07, 6.45) is -3.46. The molecule has 0 fully saturated rings. The fourth-order valence-corrected chi connectivity index (χ4v) is 3.87. The number of benzene rings is 2. The third-order valence-corrected chi connectivity index (χ3v) is 4.95. The van der Waals surface area contributed by atoms with Crippen molar-refractivity contribution in [2.45, 2.75) is 32.5 Å². The van der Waals surface area contributed by atoms with Crippen LogP contribution in [0.3, 0.4) is 0 Å². The maximum Gasteiger partial charge on any atom is 0.416 e. The van der Waals surface area contributed by atoms with E-state index in [0.29, 0.717) is 5.56 Å². The molecule has 2 nitrogen and oxygen atoms in total. The monoisotopic (exact) mass is 344 g/mol. The van der Waals surface area contributed by atoms with E-state index in [1.165, 1.54) is 28.6 Å². The van der Waals surface area contributed by atoms with Gasteiger partial charge in [-0.3, -0.25) is 0 Å². The molecule has 0 saturated heterocycles. The smallest absolute Gasteiger partial charge is 0.356 e. The van der Waals surface area contributed by atoms with Gasteiger partial charge in [0.05, 0.1) is 11.6 Å². The third kappa shape index (κ3) is 2.72. The molecule has 0 radical (unpaired) electrons. The van der Waals surface area contributed by atoms with Crippen LogP contribution < -0.4 is 5.32 Å². The Morgan fingerprint density at radius 2 is 1.88 bits per heavy atom. The molecule has 0 amide bonds. The highest BCUT2D eigenvalue weighted by Crippen LogP contribution is 2.37. The Bertz CT molecular complexity index is 953. The fraction of sp³-hybridized carbons (Fsp3) is 0.300. The van der Waals surface area contributed by atoms with Gasteiger partial charge in [-0.2, -0.15) is 13.2 Å². The molecule has 130 valence electrons. The van der Waals surface area contributed by atoms with Crippen molar-refractivity contribution >= 4 is 10.9 Å². The highest BCUT2D eigenvalue weighted by atomic mass is 19.4. The Labute approximate surface area is 144 Å². The number of nitrogens with one attached hydrogen (secondary N) is 2. The van der Waals surface area contributed by atoms with Gasteiger partial charge in [-0.1, -0.05) is 23.8 Å². The number of hydrogen-bond acceptors (Lipinski definition) is 1. The Balaban J connectivity index is 1.87. The van der Waals surface area contributed by atoms with Crippen LogP contribution in [-0.4, -0.2) is 11.5 Å². The Morgan fingerprint density at radius 3 is 2.64 bits per heavy atom. The van der Waals surface area contributed by atoms with Gasteiger partial charge in [-0.05, 0) is 55.2 Å². The van der Waals surface area contributed by atoms with Crippen molar-refractivity contribution in [3.63, 3.8) is 0 Å². The van der Waals surface area contributed by atoms with Crippen LogP contribution in [0.2, 0.25) is 0 Å². The number of rotatable bonds is 1. The second kappa shape index (κ2) is 5.63. The first-order valence-corrected chi connectivity index (χ1v) is 8.37. The number of fused-ring (bicyclic) bond motifs is 3. The van der Waals surface area contributed by atoms with Gasteiger partial charge in [-0.15, -0.1) is 0 Å². The van der Waals surface area contributed by atoms with E-state index in [0.717, 1.165) is 35.8 Å². The van der Waals surface area contributed by atoms with E-state index in [-0.39, 0.29) is 6.04 Å². The first-order chi connectivity index (χ1) is 11.8. The van der Waals surface area contributed by atoms with Crippen molar-refractivity contribution in [1.29, 1.82) is 0 Å². The minimum atomic E-state index is -4.33. The van der Waals surface area contributed by atoms with Crippen LogP contribution in [-0.2, 0) is 12.6 Å². The molecule has 2 heterocycles. The van der Waals surface area contributed by atoms with E-state index in [2.05, 4.69) is 36.3 Å². The number of aromatic nitrogens is 1. The van der Waals surface area contributed by atoms with E-state index in [4.69, 9.17) is 0 Å². The molecule has 4 rings (SSSR count). The predicted octanol–water partition coefficient (Wildman–Crippen LogP) is 5.04. The van der Waals surface area contributed by atoms with Crippen molar-refractivity contribution < 1.29 is 13.2 Å². The summed E-state index contributed by atoms with van der Waals surface area (Å²) in [6.45, 7) is 4.87. The van der Waals surface area contributed by atoms with Gasteiger partial charge in [-0.25, -0.2) is 0 Å². The Hall–Kier alpha value is -2.27. The van der Waals surface area contributed by atoms with Gasteiger partial charge in [0.25, 0.3) is 0 Å². The van der Waals surface area contributed by atoms with Crippen molar-refractivity contribution in [2.24, 2.45) is 0 Å². The lowest BCUT2D eigenvalue weighted by Crippen LogP contribution is -2.30. The number of hydrogen-bond donors (Lipinski definition) is 2. The van der Waals surface area contributed by atoms with Crippen LogP contribution in [0.1, 0.15) is 39.6 Å². The molecule has 1 aliphatic heterocycles. The molecule has 1 atom stereocenters. The summed E-state index contributed by atoms with van der Waals surface area (Å²) < 4.78 is 39.2. The molecule has 0 saturated carbocycles. The second-order valence-electron chi connectivity index (χ2n) is 6.78. The minimum absolute atomic E-state index is 0.252. The van der Waals surface area contributed by atoms with E-state index in [9.17, 15) is 13.2 Å². The lowest BCUT2D eigenvalue weighted by atomic mass is 9.93. The van der Waals surface area contributed by atoms with E-state index < -0.39 is 11.7 Å². The standard InChI is InChI=1S/C20H19F3N2/c1-11-8-12(2)17-16(9-11)15-6-7-24-18(19(15)25-17)13-4-3-5-14(10-13)20(21,22)23/h3-5,8-10,18,24-25H,6-7H2,1-2H3. The number of halogens is 3. The van der Waals surface area contributed by atoms with Crippen LogP contribution in [0, 0.1) is 13.8 Å². The highest BCUT2D eigenvalue weighted by Gasteiger charge is 2.32. The topological polar surface area (TPSA) is 27.8 Å². The van der Waals surface area contributed by atoms with Crippen molar-refractivity contribution in [3.05, 3.63) is 69.9 Å². The summed E-state index contributed by atoms with van der Waals surface area (Å²) in [5.41, 5.74) is 5.65. The number of aromatic amines is 1. The molecule has 3 aromatic rings. The quantitative estimate of drug-likeness (QED) is 0.636. The van der Waals surface area contributed by atoms with E-state index in [1.807, 2.05) is 0 Å². The lowest BCUT2D eigenvalue weighted by molar-refractivity contribution is -0.137. The lowest BCUT2D eigenvalue weighted by Gasteiger charge is -2.25. The number of H-pyrrole nitrogens is 1. The average Bonchev–Trinajstić information content (AvgIpc) is 2.93. The Morgan fingerprint density at radius 1 is 1.08 bits per heavy atom. The van der Waals surface area contributed by atoms with Crippen LogP contribution in [0.5, 0.6) is 0 Å². The predicted molar refractivity (Wildman–Crippen MR) is 92.8 cm³/mol. The van der Waals surface area contributed by atoms with Crippen molar-refractivity contribution in [2.75, 3.05) is 6.54 Å². The highest BCUT2D eigenvalue weighted by molar-refractivity contribution is 5.88. The van der Waals surface area contributed by atoms with Gasteiger partial charge < -0.3 is 10.3 Å². The molecule has 0 aliphatic carbocycles. The first kappa shape index (κ1) is 16.2. The number of aryl methyl sites for hydroxylation is 2. The SMILES string of the molecule is Cc1cc(C)c2[nH]c3c(c2c1)CCNC3c1cccc(C(F)(F)F)c1. The average molecular weight is 344 g/mol. The molecule has 2 aromatic carbocycles. The zero-order valence-electron chi connectivity index (χ0n) is 14.1. The zero-order chi connectivity index (χ0) is 17.8. The fourth-order valence-electron chi connectivity index (χ4n) is 3.87. The van der Waals surface area contributed by atoms with E-state index >= 15 is 0 Å². The first-order valence-electron chi connectivity index (χ1n) is 8.37. The van der Waals surface area contributed by atoms with Crippen LogP contribution in [0.4, 0.5) is 13.2 Å². The molecular weight excluding hydrogens is 325 g/mol. The summed E-state index contributed by atoms with van der Waals surface area (Å²) >= 11 is 0. The number of alkyl halides is 3. The minimum Gasteiger partial charge on any atom is -0.356 e. The summed E-state index contributed by atoms with van der Waals surface area (Å²) in [5.74, 6) is 0. The molecule has 2 N–H and O–H groups in total. The normalized spacial score (nSPS) is 17.7. The summed E-state index contributed by atoms with van der Waals surface area (Å²) in [7, 11) is 0. The summed E-state index contributed by atoms with van der Waals surface area (Å²) in [6, 6.07) is 9.63. The van der Waals surface area contributed by atoms with Gasteiger partial charge in [0, 0.05) is 23.1 Å². The molecule has 0 bridgehead atoms.